The van der Waals surface area contributed by atoms with Crippen molar-refractivity contribution in [3.8, 4) is 0 Å². The number of benzene rings is 1. The minimum Gasteiger partial charge on any atom is -0.409 e. The fourth-order valence-corrected chi connectivity index (χ4v) is 1.48. The molecule has 0 fully saturated rings. The van der Waals surface area contributed by atoms with Crippen LogP contribution in [0.1, 0.15) is 6.92 Å². The fraction of sp³-hybridized carbons (Fsp3) is 0.222. The van der Waals surface area contributed by atoms with E-state index in [1.54, 1.807) is 18.2 Å². The predicted octanol–water partition coefficient (Wildman–Crippen LogP) is 1.43. The molecule has 0 aliphatic rings. The van der Waals surface area contributed by atoms with Crippen molar-refractivity contribution in [1.82, 2.24) is 9.71 Å². The number of aromatic nitrogens is 2. The van der Waals surface area contributed by atoms with Crippen LogP contribution in [0.3, 0.4) is 0 Å². The van der Waals surface area contributed by atoms with Crippen molar-refractivity contribution in [3.05, 3.63) is 33.7 Å². The molecule has 0 spiro atoms. The van der Waals surface area contributed by atoms with Crippen molar-refractivity contribution in [2.45, 2.75) is 6.92 Å². The van der Waals surface area contributed by atoms with Crippen molar-refractivity contribution < 1.29 is 4.84 Å². The first kappa shape index (κ1) is 9.15. The Morgan fingerprint density at radius 2 is 2.36 bits per heavy atom. The molecule has 14 heavy (non-hydrogen) atoms. The van der Waals surface area contributed by atoms with Crippen molar-refractivity contribution in [2.75, 3.05) is 6.61 Å². The second-order valence-corrected chi connectivity index (χ2v) is 3.24. The highest BCUT2D eigenvalue weighted by molar-refractivity contribution is 6.31. The van der Waals surface area contributed by atoms with Crippen molar-refractivity contribution in [3.63, 3.8) is 0 Å². The maximum Gasteiger partial charge on any atom is 0.359 e. The summed E-state index contributed by atoms with van der Waals surface area (Å²) in [6.07, 6.45) is 0. The molecule has 1 N–H and O–H groups in total. The molecule has 0 saturated carbocycles. The summed E-state index contributed by atoms with van der Waals surface area (Å²) in [5, 5.41) is 0.574. The van der Waals surface area contributed by atoms with Gasteiger partial charge in [-0.25, -0.2) is 4.79 Å². The highest BCUT2D eigenvalue weighted by atomic mass is 35.5. The van der Waals surface area contributed by atoms with Crippen molar-refractivity contribution in [2.24, 2.45) is 0 Å². The van der Waals surface area contributed by atoms with E-state index < -0.39 is 0 Å². The third kappa shape index (κ3) is 1.37. The second-order valence-electron chi connectivity index (χ2n) is 2.80. The summed E-state index contributed by atoms with van der Waals surface area (Å²) in [4.78, 5) is 19.2. The number of halogens is 1. The van der Waals surface area contributed by atoms with E-state index in [2.05, 4.69) is 4.98 Å². The molecular formula is C9H9ClN2O2. The Morgan fingerprint density at radius 3 is 3.07 bits per heavy atom. The summed E-state index contributed by atoms with van der Waals surface area (Å²) in [6.45, 7) is 2.25. The molecule has 0 amide bonds. The molecule has 1 aromatic carbocycles. The molecule has 0 unspecified atom stereocenters. The number of rotatable bonds is 2. The van der Waals surface area contributed by atoms with Crippen LogP contribution < -0.4 is 10.5 Å². The van der Waals surface area contributed by atoms with Gasteiger partial charge in [-0.15, -0.1) is 4.73 Å². The Kier molecular flexibility index (Phi) is 2.21. The Labute approximate surface area is 85.0 Å². The topological polar surface area (TPSA) is 47.0 Å². The quantitative estimate of drug-likeness (QED) is 0.819. The Morgan fingerprint density at radius 1 is 1.57 bits per heavy atom. The van der Waals surface area contributed by atoms with E-state index in [0.29, 0.717) is 22.7 Å². The lowest BCUT2D eigenvalue weighted by Crippen LogP contribution is -2.24. The van der Waals surface area contributed by atoms with E-state index in [4.69, 9.17) is 16.4 Å². The first-order valence-corrected chi connectivity index (χ1v) is 4.63. The second kappa shape index (κ2) is 3.38. The normalized spacial score (nSPS) is 10.7. The van der Waals surface area contributed by atoms with Crippen LogP contribution in [0.15, 0.2) is 23.0 Å². The first-order valence-electron chi connectivity index (χ1n) is 4.26. The monoisotopic (exact) mass is 212 g/mol. The van der Waals surface area contributed by atoms with Gasteiger partial charge in [-0.1, -0.05) is 11.6 Å². The Hall–Kier alpha value is -1.42. The molecule has 5 heteroatoms. The van der Waals surface area contributed by atoms with Gasteiger partial charge in [-0.05, 0) is 25.1 Å². The molecule has 0 radical (unpaired) electrons. The number of hydrogen-bond acceptors (Lipinski definition) is 2. The molecule has 0 bridgehead atoms. The summed E-state index contributed by atoms with van der Waals surface area (Å²) < 4.78 is 1.21. The summed E-state index contributed by atoms with van der Waals surface area (Å²) in [5.74, 6) is 0. The van der Waals surface area contributed by atoms with Crippen LogP contribution >= 0.6 is 11.6 Å². The maximum absolute atomic E-state index is 11.4. The fourth-order valence-electron chi connectivity index (χ4n) is 1.31. The number of aromatic amines is 1. The van der Waals surface area contributed by atoms with Crippen LogP contribution in [0.2, 0.25) is 5.02 Å². The highest BCUT2D eigenvalue weighted by Gasteiger charge is 2.06. The Balaban J connectivity index is 2.73. The van der Waals surface area contributed by atoms with E-state index >= 15 is 0 Å². The third-order valence-corrected chi connectivity index (χ3v) is 2.10. The van der Waals surface area contributed by atoms with Gasteiger partial charge in [0, 0.05) is 5.02 Å². The number of fused-ring (bicyclic) bond motifs is 1. The van der Waals surface area contributed by atoms with Crippen LogP contribution in [0.25, 0.3) is 11.0 Å². The van der Waals surface area contributed by atoms with Gasteiger partial charge in [0.1, 0.15) is 12.1 Å². The molecule has 2 aromatic rings. The van der Waals surface area contributed by atoms with Crippen LogP contribution in [0.5, 0.6) is 0 Å². The van der Waals surface area contributed by atoms with E-state index in [-0.39, 0.29) is 5.69 Å². The molecule has 74 valence electrons. The molecule has 0 saturated heterocycles. The first-order chi connectivity index (χ1) is 6.72. The molecule has 4 nitrogen and oxygen atoms in total. The lowest BCUT2D eigenvalue weighted by atomic mass is 10.3. The predicted molar refractivity (Wildman–Crippen MR) is 54.7 cm³/mol. The summed E-state index contributed by atoms with van der Waals surface area (Å²) in [6, 6.07) is 5.15. The number of imidazole rings is 1. The van der Waals surface area contributed by atoms with Crippen LogP contribution in [-0.2, 0) is 0 Å². The molecule has 2 rings (SSSR count). The molecule has 0 aliphatic carbocycles. The third-order valence-electron chi connectivity index (χ3n) is 1.86. The van der Waals surface area contributed by atoms with Crippen molar-refractivity contribution >= 4 is 22.6 Å². The zero-order chi connectivity index (χ0) is 10.1. The SMILES string of the molecule is CCOn1c(=O)[nH]c2ccc(Cl)cc21. The summed E-state index contributed by atoms with van der Waals surface area (Å²) in [7, 11) is 0. The van der Waals surface area contributed by atoms with Gasteiger partial charge in [-0.2, -0.15) is 0 Å². The van der Waals surface area contributed by atoms with Gasteiger partial charge >= 0.3 is 5.69 Å². The van der Waals surface area contributed by atoms with Crippen molar-refractivity contribution in [1.29, 1.82) is 0 Å². The minimum absolute atomic E-state index is 0.288. The average molecular weight is 213 g/mol. The van der Waals surface area contributed by atoms with Gasteiger partial charge in [0.25, 0.3) is 0 Å². The number of nitrogens with one attached hydrogen (secondary N) is 1. The smallest absolute Gasteiger partial charge is 0.359 e. The molecule has 0 aliphatic heterocycles. The molecule has 1 aromatic heterocycles. The largest absolute Gasteiger partial charge is 0.409 e. The molecule has 0 atom stereocenters. The van der Waals surface area contributed by atoms with E-state index in [1.165, 1.54) is 4.73 Å². The lowest BCUT2D eigenvalue weighted by Gasteiger charge is -2.02. The number of hydrogen-bond donors (Lipinski definition) is 1. The minimum atomic E-state index is -0.288. The van der Waals surface area contributed by atoms with Crippen LogP contribution in [-0.4, -0.2) is 16.3 Å². The van der Waals surface area contributed by atoms with E-state index in [0.717, 1.165) is 0 Å². The van der Waals surface area contributed by atoms with Gasteiger partial charge in [-0.3, -0.25) is 0 Å². The average Bonchev–Trinajstić information content (AvgIpc) is 2.45. The summed E-state index contributed by atoms with van der Waals surface area (Å²) in [5.41, 5.74) is 1.08. The van der Waals surface area contributed by atoms with Crippen LogP contribution in [0.4, 0.5) is 0 Å². The number of nitrogens with zero attached hydrogens (tertiary/aromatic N) is 1. The van der Waals surface area contributed by atoms with E-state index in [1.807, 2.05) is 6.92 Å². The maximum atomic E-state index is 11.4. The highest BCUT2D eigenvalue weighted by Crippen LogP contribution is 2.15. The Bertz CT molecular complexity index is 515. The number of H-pyrrole nitrogens is 1. The van der Waals surface area contributed by atoms with E-state index in [9.17, 15) is 4.79 Å². The zero-order valence-corrected chi connectivity index (χ0v) is 8.34. The molecular weight excluding hydrogens is 204 g/mol. The van der Waals surface area contributed by atoms with Gasteiger partial charge in [0.15, 0.2) is 0 Å². The molecule has 1 heterocycles. The summed E-state index contributed by atoms with van der Waals surface area (Å²) >= 11 is 5.82. The van der Waals surface area contributed by atoms with Crippen LogP contribution in [0, 0.1) is 0 Å². The van der Waals surface area contributed by atoms with Gasteiger partial charge < -0.3 is 9.82 Å². The van der Waals surface area contributed by atoms with Gasteiger partial charge in [0.2, 0.25) is 0 Å². The lowest BCUT2D eigenvalue weighted by molar-refractivity contribution is 0.123. The zero-order valence-electron chi connectivity index (χ0n) is 7.58. The van der Waals surface area contributed by atoms with Gasteiger partial charge in [0.05, 0.1) is 5.52 Å². The standard InChI is InChI=1S/C9H9ClN2O2/c1-2-14-12-8-5-6(10)3-4-7(8)11-9(12)13/h3-5H,2H2,1H3,(H,11,13).